The van der Waals surface area contributed by atoms with Crippen molar-refractivity contribution >= 4 is 0 Å². The highest BCUT2D eigenvalue weighted by Crippen LogP contribution is 2.02. The SMILES string of the molecule is CC(C)(N)O.CC(C)CN(CCCO)CCCO.CC(O)C(C)N(C)CO.CC(O)C(C)N(CO)CCO.CCC.CCC. The van der Waals surface area contributed by atoms with Gasteiger partial charge in [-0.2, -0.15) is 0 Å². The number of hydrogen-bond acceptors (Lipinski definition) is 12. The highest BCUT2D eigenvalue weighted by molar-refractivity contribution is 4.69. The first-order valence-corrected chi connectivity index (χ1v) is 16.3. The maximum Gasteiger partial charge on any atom is 0.107 e. The molecule has 12 heteroatoms. The van der Waals surface area contributed by atoms with Gasteiger partial charge in [0.2, 0.25) is 0 Å². The van der Waals surface area contributed by atoms with E-state index in [9.17, 15) is 0 Å². The van der Waals surface area contributed by atoms with E-state index in [4.69, 9.17) is 46.6 Å². The highest BCUT2D eigenvalue weighted by atomic mass is 16.3. The molecule has 0 bridgehead atoms. The van der Waals surface area contributed by atoms with Crippen LogP contribution in [0.4, 0.5) is 0 Å². The molecule has 0 radical (unpaired) electrons. The lowest BCUT2D eigenvalue weighted by atomic mass is 10.2. The van der Waals surface area contributed by atoms with Crippen LogP contribution in [0.2, 0.25) is 0 Å². The van der Waals surface area contributed by atoms with Crippen molar-refractivity contribution in [2.75, 3.05) is 66.5 Å². The van der Waals surface area contributed by atoms with E-state index < -0.39 is 11.8 Å². The number of hydrogen-bond donors (Lipinski definition) is 9. The van der Waals surface area contributed by atoms with Gasteiger partial charge in [-0.1, -0.05) is 54.4 Å². The number of likely N-dealkylation sites (N-methyl/N-ethyl adjacent to an activating group) is 1. The van der Waals surface area contributed by atoms with E-state index in [1.165, 1.54) is 26.7 Å². The van der Waals surface area contributed by atoms with Gasteiger partial charge in [0, 0.05) is 51.5 Å². The first-order valence-electron chi connectivity index (χ1n) is 16.3. The number of aliphatic hydroxyl groups is 8. The minimum absolute atomic E-state index is 0.00236. The van der Waals surface area contributed by atoms with Crippen molar-refractivity contribution in [2.24, 2.45) is 11.7 Å². The molecular weight excluding hydrogens is 568 g/mol. The second kappa shape index (κ2) is 40.5. The van der Waals surface area contributed by atoms with Crippen molar-refractivity contribution < 1.29 is 40.9 Å². The second-order valence-corrected chi connectivity index (χ2v) is 12.0. The van der Waals surface area contributed by atoms with Gasteiger partial charge >= 0.3 is 0 Å². The van der Waals surface area contributed by atoms with E-state index in [1.807, 2.05) is 6.92 Å². The first kappa shape index (κ1) is 55.9. The summed E-state index contributed by atoms with van der Waals surface area (Å²) >= 11 is 0. The largest absolute Gasteiger partial charge is 0.396 e. The average molecular weight is 649 g/mol. The second-order valence-electron chi connectivity index (χ2n) is 12.0. The summed E-state index contributed by atoms with van der Waals surface area (Å²) in [4.78, 5) is 5.58. The molecule has 0 aliphatic heterocycles. The van der Waals surface area contributed by atoms with Gasteiger partial charge in [0.05, 0.1) is 32.3 Å². The number of aliphatic hydroxyl groups excluding tert-OH is 7. The first-order chi connectivity index (χ1) is 20.3. The van der Waals surface area contributed by atoms with Gasteiger partial charge in [-0.15, -0.1) is 0 Å². The third-order valence-corrected chi connectivity index (χ3v) is 5.35. The maximum atomic E-state index is 9.11. The zero-order valence-corrected chi connectivity index (χ0v) is 31.1. The lowest BCUT2D eigenvalue weighted by Crippen LogP contribution is -2.42. The quantitative estimate of drug-likeness (QED) is 0.110. The van der Waals surface area contributed by atoms with Crippen molar-refractivity contribution in [2.45, 2.75) is 139 Å². The van der Waals surface area contributed by atoms with Gasteiger partial charge < -0.3 is 51.5 Å². The topological polar surface area (TPSA) is 198 Å². The third-order valence-electron chi connectivity index (χ3n) is 5.35. The number of rotatable bonds is 16. The lowest BCUT2D eigenvalue weighted by molar-refractivity contribution is 0.00519. The molecule has 44 heavy (non-hydrogen) atoms. The van der Waals surface area contributed by atoms with Crippen LogP contribution in [0.5, 0.6) is 0 Å². The summed E-state index contributed by atoms with van der Waals surface area (Å²) in [6.45, 7) is 26.6. The Labute approximate surface area is 272 Å². The van der Waals surface area contributed by atoms with Crippen molar-refractivity contribution in [3.63, 3.8) is 0 Å². The molecule has 0 saturated carbocycles. The van der Waals surface area contributed by atoms with Crippen LogP contribution in [0.25, 0.3) is 0 Å². The van der Waals surface area contributed by atoms with Crippen LogP contribution in [0.3, 0.4) is 0 Å². The van der Waals surface area contributed by atoms with Crippen LogP contribution in [0, 0.1) is 5.92 Å². The molecule has 0 heterocycles. The minimum Gasteiger partial charge on any atom is -0.396 e. The Bertz CT molecular complexity index is 483. The van der Waals surface area contributed by atoms with E-state index in [1.54, 1.807) is 37.6 Å². The van der Waals surface area contributed by atoms with Crippen LogP contribution in [0.1, 0.15) is 109 Å². The Morgan fingerprint density at radius 1 is 0.636 bits per heavy atom. The van der Waals surface area contributed by atoms with Crippen LogP contribution in [0.15, 0.2) is 0 Å². The minimum atomic E-state index is -1.00. The molecular formula is C32H80N4O8. The van der Waals surface area contributed by atoms with Crippen LogP contribution < -0.4 is 5.73 Å². The Balaban J connectivity index is -0.000000106. The predicted octanol–water partition coefficient (Wildman–Crippen LogP) is 1.85. The van der Waals surface area contributed by atoms with Crippen molar-refractivity contribution in [1.29, 1.82) is 0 Å². The summed E-state index contributed by atoms with van der Waals surface area (Å²) in [6.07, 6.45) is 3.28. The standard InChI is InChI=1S/C10H23NO2.C7H17NO3.C6H15NO2.C3H9NO.2C3H8/c1-10(2)9-11(5-3-7-12)6-4-8-13;1-6(7(2)11)8(5-10)3-4-9;1-5(6(2)9)7(3)4-8;1-3(2,4)5;2*1-3-2/h10,12-13H,3-9H2,1-2H3;6-7,9-11H,3-5H2,1-2H3;5-6,8-9H,4H2,1-3H3;5H,4H2,1-2H3;2*3H2,1-2H3. The van der Waals surface area contributed by atoms with E-state index in [0.717, 1.165) is 32.5 Å². The molecule has 0 rings (SSSR count). The molecule has 0 aliphatic carbocycles. The van der Waals surface area contributed by atoms with E-state index in [2.05, 4.69) is 46.4 Å². The normalized spacial score (nSPS) is 13.5. The van der Waals surface area contributed by atoms with Gasteiger partial charge in [0.25, 0.3) is 0 Å². The molecule has 0 aromatic rings. The summed E-state index contributed by atoms with van der Waals surface area (Å²) in [5.41, 5.74) is 3.91. The van der Waals surface area contributed by atoms with Crippen molar-refractivity contribution in [1.82, 2.24) is 14.7 Å². The zero-order chi connectivity index (χ0) is 36.3. The molecule has 0 amide bonds. The summed E-state index contributed by atoms with van der Waals surface area (Å²) in [7, 11) is 1.76. The molecule has 0 aliphatic rings. The summed E-state index contributed by atoms with van der Waals surface area (Å²) < 4.78 is 0. The molecule has 0 spiro atoms. The molecule has 4 atom stereocenters. The van der Waals surface area contributed by atoms with E-state index in [0.29, 0.717) is 12.5 Å². The monoisotopic (exact) mass is 649 g/mol. The van der Waals surface area contributed by atoms with Gasteiger partial charge in [0.15, 0.2) is 0 Å². The van der Waals surface area contributed by atoms with E-state index in [-0.39, 0.29) is 51.5 Å². The Hall–Kier alpha value is -0.480. The summed E-state index contributed by atoms with van der Waals surface area (Å²) in [5.74, 6) is 0.650. The van der Waals surface area contributed by atoms with Gasteiger partial charge in [-0.05, 0) is 67.3 Å². The summed E-state index contributed by atoms with van der Waals surface area (Å²) in [5, 5.41) is 69.7. The third kappa shape index (κ3) is 57.2. The lowest BCUT2D eigenvalue weighted by Gasteiger charge is -2.27. The molecule has 0 saturated heterocycles. The van der Waals surface area contributed by atoms with Crippen molar-refractivity contribution in [3.05, 3.63) is 0 Å². The van der Waals surface area contributed by atoms with Gasteiger partial charge in [0.1, 0.15) is 5.72 Å². The van der Waals surface area contributed by atoms with Gasteiger partial charge in [-0.3, -0.25) is 9.80 Å². The predicted molar refractivity (Wildman–Crippen MR) is 185 cm³/mol. The number of nitrogens with zero attached hydrogens (tertiary/aromatic N) is 3. The fraction of sp³-hybridized carbons (Fsp3) is 1.00. The fourth-order valence-corrected chi connectivity index (χ4v) is 2.73. The van der Waals surface area contributed by atoms with Crippen LogP contribution >= 0.6 is 0 Å². The molecule has 276 valence electrons. The van der Waals surface area contributed by atoms with Gasteiger partial charge in [-0.25, -0.2) is 0 Å². The Morgan fingerprint density at radius 3 is 1.16 bits per heavy atom. The fourth-order valence-electron chi connectivity index (χ4n) is 2.73. The number of nitrogens with two attached hydrogens (primary N) is 1. The molecule has 10 N–H and O–H groups in total. The average Bonchev–Trinajstić information content (AvgIpc) is 2.92. The van der Waals surface area contributed by atoms with E-state index >= 15 is 0 Å². The Kier molecular flexibility index (Phi) is 51.5. The molecule has 12 nitrogen and oxygen atoms in total. The Morgan fingerprint density at radius 2 is 0.977 bits per heavy atom. The molecule has 0 fully saturated rings. The van der Waals surface area contributed by atoms with Crippen molar-refractivity contribution in [3.8, 4) is 0 Å². The molecule has 0 aromatic carbocycles. The maximum absolute atomic E-state index is 9.11. The highest BCUT2D eigenvalue weighted by Gasteiger charge is 2.16. The smallest absolute Gasteiger partial charge is 0.107 e. The zero-order valence-electron chi connectivity index (χ0n) is 31.1. The summed E-state index contributed by atoms with van der Waals surface area (Å²) in [6, 6.07) is -0.0952. The van der Waals surface area contributed by atoms with Crippen LogP contribution in [-0.4, -0.2) is 152 Å². The molecule has 4 unspecified atom stereocenters. The van der Waals surface area contributed by atoms with Crippen LogP contribution in [-0.2, 0) is 0 Å². The molecule has 0 aromatic heterocycles.